The maximum absolute atomic E-state index is 13.6. The summed E-state index contributed by atoms with van der Waals surface area (Å²) >= 11 is 0. The first-order valence-corrected chi connectivity index (χ1v) is 11.9. The molecule has 0 radical (unpaired) electrons. The molecule has 0 unspecified atom stereocenters. The van der Waals surface area contributed by atoms with E-state index >= 15 is 0 Å². The minimum atomic E-state index is -1.15. The summed E-state index contributed by atoms with van der Waals surface area (Å²) in [6, 6.07) is 30.8. The highest BCUT2D eigenvalue weighted by Gasteiger charge is 2.19. The topological polar surface area (TPSA) is 101 Å². The van der Waals surface area contributed by atoms with Crippen LogP contribution in [0.15, 0.2) is 116 Å². The molecule has 0 atom stereocenters. The van der Waals surface area contributed by atoms with Gasteiger partial charge in [0, 0.05) is 18.0 Å². The second-order valence-electron chi connectivity index (χ2n) is 8.44. The molecule has 0 aliphatic rings. The fraction of sp³-hybridized carbons (Fsp3) is 0.0323. The van der Waals surface area contributed by atoms with Crippen molar-refractivity contribution in [2.45, 2.75) is 6.61 Å². The number of aromatic nitrogens is 2. The fourth-order valence-corrected chi connectivity index (χ4v) is 3.99. The van der Waals surface area contributed by atoms with Gasteiger partial charge in [-0.05, 0) is 53.1 Å². The molecule has 38 heavy (non-hydrogen) atoms. The van der Waals surface area contributed by atoms with Crippen molar-refractivity contribution in [2.75, 3.05) is 5.32 Å². The third kappa shape index (κ3) is 5.57. The second kappa shape index (κ2) is 11.2. The molecule has 1 heterocycles. The molecule has 1 amide bonds. The number of carbonyl (C=O) groups is 2. The highest BCUT2D eigenvalue weighted by molar-refractivity contribution is 6.10. The van der Waals surface area contributed by atoms with Gasteiger partial charge >= 0.3 is 5.97 Å². The number of hydrogen-bond acceptors (Lipinski definition) is 5. The predicted octanol–water partition coefficient (Wildman–Crippen LogP) is 6.34. The van der Waals surface area contributed by atoms with E-state index in [1.165, 1.54) is 6.07 Å². The molecule has 7 nitrogen and oxygen atoms in total. The average Bonchev–Trinajstić information content (AvgIpc) is 2.97. The highest BCUT2D eigenvalue weighted by Crippen LogP contribution is 2.29. The zero-order valence-corrected chi connectivity index (χ0v) is 20.2. The van der Waals surface area contributed by atoms with Gasteiger partial charge in [0.25, 0.3) is 5.91 Å². The number of amides is 1. The van der Waals surface area contributed by atoms with Crippen molar-refractivity contribution < 1.29 is 19.4 Å². The van der Waals surface area contributed by atoms with Gasteiger partial charge < -0.3 is 15.2 Å². The van der Waals surface area contributed by atoms with Crippen molar-refractivity contribution in [2.24, 2.45) is 0 Å². The van der Waals surface area contributed by atoms with E-state index in [0.717, 1.165) is 16.7 Å². The number of carboxylic acid groups (broad SMARTS) is 1. The zero-order valence-electron chi connectivity index (χ0n) is 20.2. The number of ether oxygens (including phenoxy) is 1. The van der Waals surface area contributed by atoms with Gasteiger partial charge in [-0.2, -0.15) is 0 Å². The summed E-state index contributed by atoms with van der Waals surface area (Å²) in [6.45, 7) is 0.256. The van der Waals surface area contributed by atoms with E-state index in [9.17, 15) is 14.7 Å². The molecule has 5 aromatic rings. The number of benzene rings is 4. The zero-order chi connectivity index (χ0) is 26.3. The number of hydrogen-bond donors (Lipinski definition) is 2. The number of rotatable bonds is 8. The van der Waals surface area contributed by atoms with Crippen molar-refractivity contribution in [3.8, 4) is 28.3 Å². The smallest absolute Gasteiger partial charge is 0.337 e. The summed E-state index contributed by atoms with van der Waals surface area (Å²) in [5.41, 5.74) is 3.63. The number of nitrogens with zero attached hydrogens (tertiary/aromatic N) is 2. The lowest BCUT2D eigenvalue weighted by molar-refractivity contribution is 0.0698. The van der Waals surface area contributed by atoms with Crippen LogP contribution >= 0.6 is 0 Å². The lowest BCUT2D eigenvalue weighted by atomic mass is 10.0. The lowest BCUT2D eigenvalue weighted by Gasteiger charge is -2.15. The van der Waals surface area contributed by atoms with Gasteiger partial charge in [0.2, 0.25) is 0 Å². The van der Waals surface area contributed by atoms with Crippen LogP contribution in [0, 0.1) is 0 Å². The Labute approximate surface area is 219 Å². The van der Waals surface area contributed by atoms with Crippen LogP contribution in [-0.4, -0.2) is 27.0 Å². The van der Waals surface area contributed by atoms with E-state index in [2.05, 4.69) is 15.3 Å². The van der Waals surface area contributed by atoms with Crippen LogP contribution in [0.4, 0.5) is 5.69 Å². The van der Waals surface area contributed by atoms with E-state index in [1.54, 1.807) is 48.8 Å². The van der Waals surface area contributed by atoms with E-state index in [1.807, 2.05) is 60.7 Å². The standard InChI is InChI=1S/C31H23N3O4/c35-30(34-27-19-23(12-14-25(27)31(36)37)22-10-5-2-6-11-22)26-18-24(29-32-16-7-17-33-29)13-15-28(26)38-20-21-8-3-1-4-9-21/h1-19H,20H2,(H,34,35)(H,36,37). The third-order valence-electron chi connectivity index (χ3n) is 5.89. The van der Waals surface area contributed by atoms with Crippen molar-refractivity contribution in [1.82, 2.24) is 9.97 Å². The van der Waals surface area contributed by atoms with Gasteiger partial charge in [0.15, 0.2) is 5.82 Å². The lowest BCUT2D eigenvalue weighted by Crippen LogP contribution is -2.16. The molecule has 5 rings (SSSR count). The van der Waals surface area contributed by atoms with Crippen molar-refractivity contribution in [3.63, 3.8) is 0 Å². The minimum absolute atomic E-state index is 0.0210. The van der Waals surface area contributed by atoms with Crippen LogP contribution in [-0.2, 0) is 6.61 Å². The first-order valence-electron chi connectivity index (χ1n) is 11.9. The van der Waals surface area contributed by atoms with Gasteiger partial charge in [0.05, 0.1) is 16.8 Å². The molecule has 0 saturated heterocycles. The Hall–Kier alpha value is -5.30. The monoisotopic (exact) mass is 501 g/mol. The SMILES string of the molecule is O=C(O)c1ccc(-c2ccccc2)cc1NC(=O)c1cc(-c2ncccn2)ccc1OCc1ccccc1. The van der Waals surface area contributed by atoms with Crippen LogP contribution in [0.1, 0.15) is 26.3 Å². The quantitative estimate of drug-likeness (QED) is 0.257. The molecule has 0 saturated carbocycles. The number of carbonyl (C=O) groups excluding carboxylic acids is 1. The largest absolute Gasteiger partial charge is 0.488 e. The average molecular weight is 502 g/mol. The number of nitrogens with one attached hydrogen (secondary N) is 1. The summed E-state index contributed by atoms with van der Waals surface area (Å²) < 4.78 is 6.03. The molecule has 2 N–H and O–H groups in total. The van der Waals surface area contributed by atoms with Crippen molar-refractivity contribution in [3.05, 3.63) is 132 Å². The molecule has 0 fully saturated rings. The number of carboxylic acids is 1. The summed E-state index contributed by atoms with van der Waals surface area (Å²) in [7, 11) is 0. The van der Waals surface area contributed by atoms with E-state index in [0.29, 0.717) is 17.1 Å². The summed E-state index contributed by atoms with van der Waals surface area (Å²) in [5, 5.41) is 12.6. The third-order valence-corrected chi connectivity index (χ3v) is 5.89. The highest BCUT2D eigenvalue weighted by atomic mass is 16.5. The Morgan fingerprint density at radius 3 is 2.11 bits per heavy atom. The van der Waals surface area contributed by atoms with Crippen molar-refractivity contribution >= 4 is 17.6 Å². The maximum atomic E-state index is 13.6. The Morgan fingerprint density at radius 1 is 0.711 bits per heavy atom. The first kappa shape index (κ1) is 24.4. The number of aromatic carboxylic acids is 1. The summed E-state index contributed by atoms with van der Waals surface area (Å²) in [6.07, 6.45) is 3.24. The molecule has 0 bridgehead atoms. The van der Waals surface area contributed by atoms with Gasteiger partial charge in [-0.3, -0.25) is 4.79 Å². The first-order chi connectivity index (χ1) is 18.6. The summed E-state index contributed by atoms with van der Waals surface area (Å²) in [4.78, 5) is 34.1. The summed E-state index contributed by atoms with van der Waals surface area (Å²) in [5.74, 6) is -0.860. The van der Waals surface area contributed by atoms with Gasteiger partial charge in [-0.25, -0.2) is 14.8 Å². The molecular formula is C31H23N3O4. The van der Waals surface area contributed by atoms with Gasteiger partial charge in [-0.1, -0.05) is 66.7 Å². The maximum Gasteiger partial charge on any atom is 0.337 e. The van der Waals surface area contributed by atoms with Crippen LogP contribution in [0.25, 0.3) is 22.5 Å². The van der Waals surface area contributed by atoms with E-state index in [-0.39, 0.29) is 23.4 Å². The van der Waals surface area contributed by atoms with E-state index < -0.39 is 11.9 Å². The Bertz CT molecular complexity index is 1570. The molecule has 4 aromatic carbocycles. The molecule has 7 heteroatoms. The molecule has 0 aliphatic carbocycles. The van der Waals surface area contributed by atoms with Crippen LogP contribution in [0.3, 0.4) is 0 Å². The number of anilines is 1. The van der Waals surface area contributed by atoms with Crippen LogP contribution < -0.4 is 10.1 Å². The molecule has 0 spiro atoms. The van der Waals surface area contributed by atoms with E-state index in [4.69, 9.17) is 4.74 Å². The normalized spacial score (nSPS) is 10.5. The fourth-order valence-electron chi connectivity index (χ4n) is 3.99. The Balaban J connectivity index is 1.51. The van der Waals surface area contributed by atoms with Crippen LogP contribution in [0.5, 0.6) is 5.75 Å². The molecule has 0 aliphatic heterocycles. The molecule has 186 valence electrons. The van der Waals surface area contributed by atoms with Crippen LogP contribution in [0.2, 0.25) is 0 Å². The molecule has 1 aromatic heterocycles. The molecular weight excluding hydrogens is 478 g/mol. The van der Waals surface area contributed by atoms with Gasteiger partial charge in [-0.15, -0.1) is 0 Å². The Kier molecular flexibility index (Phi) is 7.18. The second-order valence-corrected chi connectivity index (χ2v) is 8.44. The van der Waals surface area contributed by atoms with Crippen molar-refractivity contribution in [1.29, 1.82) is 0 Å². The Morgan fingerprint density at radius 2 is 1.39 bits per heavy atom. The minimum Gasteiger partial charge on any atom is -0.488 e. The predicted molar refractivity (Wildman–Crippen MR) is 145 cm³/mol. The van der Waals surface area contributed by atoms with Gasteiger partial charge in [0.1, 0.15) is 12.4 Å².